The molecule has 1 aromatic carbocycles. The molecule has 6 nitrogen and oxygen atoms in total. The van der Waals surface area contributed by atoms with Gasteiger partial charge in [-0.25, -0.2) is 8.42 Å². The zero-order valence-corrected chi connectivity index (χ0v) is 17.0. The van der Waals surface area contributed by atoms with Crippen molar-refractivity contribution < 1.29 is 22.2 Å². The lowest BCUT2D eigenvalue weighted by Gasteiger charge is -2.17. The highest BCUT2D eigenvalue weighted by molar-refractivity contribution is 7.90. The molecule has 2 aromatic rings. The number of ether oxygens (including phenoxy) is 1. The van der Waals surface area contributed by atoms with E-state index in [0.717, 1.165) is 6.26 Å². The maximum atomic E-state index is 12.9. The molecule has 1 aromatic heterocycles. The first-order valence-corrected chi connectivity index (χ1v) is 11.5. The molecule has 0 bridgehead atoms. The molecule has 1 atom stereocenters. The Kier molecular flexibility index (Phi) is 4.81. The van der Waals surface area contributed by atoms with Gasteiger partial charge < -0.3 is 4.74 Å². The summed E-state index contributed by atoms with van der Waals surface area (Å²) < 4.78 is 40.7. The fraction of sp³-hybridized carbons (Fsp3) is 0.263. The number of benzene rings is 1. The van der Waals surface area contributed by atoms with Crippen molar-refractivity contribution in [3.63, 3.8) is 0 Å². The molecule has 0 saturated carbocycles. The van der Waals surface area contributed by atoms with E-state index in [1.54, 1.807) is 44.4 Å². The molecule has 0 fully saturated rings. The maximum Gasteiger partial charge on any atom is 0.210 e. The topological polar surface area (TPSA) is 90.4 Å². The first-order chi connectivity index (χ1) is 12.5. The van der Waals surface area contributed by atoms with E-state index in [-0.39, 0.29) is 10.7 Å². The zero-order chi connectivity index (χ0) is 20.0. The third kappa shape index (κ3) is 3.72. The second-order valence-corrected chi connectivity index (χ2v) is 10.2. The van der Waals surface area contributed by atoms with Crippen LogP contribution in [-0.4, -0.2) is 41.5 Å². The van der Waals surface area contributed by atoms with E-state index in [4.69, 9.17) is 4.74 Å². The summed E-state index contributed by atoms with van der Waals surface area (Å²) in [5, 5.41) is 0. The van der Waals surface area contributed by atoms with Gasteiger partial charge in [-0.1, -0.05) is 12.1 Å². The van der Waals surface area contributed by atoms with Crippen LogP contribution in [0.25, 0.3) is 11.3 Å². The molecular weight excluding hydrogens is 386 g/mol. The Balaban J connectivity index is 2.13. The summed E-state index contributed by atoms with van der Waals surface area (Å²) in [6.07, 6.45) is 3.93. The molecular formula is C19H19NO5S2. The number of carbonyl (C=O) groups excluding carboxylic acids is 1. The van der Waals surface area contributed by atoms with Crippen LogP contribution >= 0.6 is 0 Å². The third-order valence-corrected chi connectivity index (χ3v) is 6.26. The molecule has 2 heterocycles. The van der Waals surface area contributed by atoms with E-state index >= 15 is 0 Å². The highest BCUT2D eigenvalue weighted by atomic mass is 32.2. The largest absolute Gasteiger partial charge is 0.477 e. The van der Waals surface area contributed by atoms with Crippen molar-refractivity contribution in [2.45, 2.75) is 29.2 Å². The molecule has 1 aliphatic rings. The summed E-state index contributed by atoms with van der Waals surface area (Å²) in [4.78, 5) is 17.8. The normalized spacial score (nSPS) is 17.7. The number of aromatic nitrogens is 1. The molecule has 0 spiro atoms. The average Bonchev–Trinajstić information content (AvgIpc) is 2.84. The lowest BCUT2D eigenvalue weighted by Crippen LogP contribution is -2.29. The van der Waals surface area contributed by atoms with Crippen LogP contribution in [0.3, 0.4) is 0 Å². The molecule has 1 unspecified atom stereocenters. The van der Waals surface area contributed by atoms with Crippen molar-refractivity contribution in [2.24, 2.45) is 0 Å². The second kappa shape index (κ2) is 6.69. The molecule has 0 aliphatic carbocycles. The van der Waals surface area contributed by atoms with Crippen molar-refractivity contribution in [3.8, 4) is 0 Å². The summed E-state index contributed by atoms with van der Waals surface area (Å²) >= 11 is 0. The summed E-state index contributed by atoms with van der Waals surface area (Å²) in [6, 6.07) is 9.81. The van der Waals surface area contributed by atoms with Crippen LogP contribution in [0.2, 0.25) is 0 Å². The number of ketones is 1. The number of carbonyl (C=O) groups is 1. The summed E-state index contributed by atoms with van der Waals surface area (Å²) in [7, 11) is -4.49. The van der Waals surface area contributed by atoms with Gasteiger partial charge in [0.25, 0.3) is 0 Å². The van der Waals surface area contributed by atoms with Crippen LogP contribution in [0.1, 0.15) is 25.1 Å². The van der Waals surface area contributed by atoms with Gasteiger partial charge in [0, 0.05) is 34.4 Å². The van der Waals surface area contributed by atoms with Gasteiger partial charge in [-0.05, 0) is 43.7 Å². The fourth-order valence-electron chi connectivity index (χ4n) is 2.75. The van der Waals surface area contributed by atoms with Gasteiger partial charge in [-0.15, -0.1) is 0 Å². The predicted molar refractivity (Wildman–Crippen MR) is 103 cm³/mol. The first kappa shape index (κ1) is 19.4. The Bertz CT molecular complexity index is 1070. The van der Waals surface area contributed by atoms with Crippen LogP contribution in [0.15, 0.2) is 52.4 Å². The smallest absolute Gasteiger partial charge is 0.210 e. The quantitative estimate of drug-likeness (QED) is 0.776. The van der Waals surface area contributed by atoms with Crippen LogP contribution in [0.5, 0.6) is 0 Å². The Labute approximate surface area is 160 Å². The predicted octanol–water partition coefficient (Wildman–Crippen LogP) is 2.47. The minimum Gasteiger partial charge on any atom is -0.477 e. The molecule has 142 valence electrons. The summed E-state index contributed by atoms with van der Waals surface area (Å²) in [6.45, 7) is 3.34. The molecule has 3 rings (SSSR count). The van der Waals surface area contributed by atoms with Crippen molar-refractivity contribution in [3.05, 3.63) is 53.9 Å². The van der Waals surface area contributed by atoms with E-state index in [2.05, 4.69) is 4.98 Å². The number of hydrogen-bond donors (Lipinski definition) is 0. The van der Waals surface area contributed by atoms with Gasteiger partial charge in [0.05, 0.1) is 10.5 Å². The molecule has 27 heavy (non-hydrogen) atoms. The minimum absolute atomic E-state index is 0.0896. The summed E-state index contributed by atoms with van der Waals surface area (Å²) in [5.74, 6) is 0.104. The molecule has 0 radical (unpaired) electrons. The van der Waals surface area contributed by atoms with Crippen molar-refractivity contribution in [1.29, 1.82) is 0 Å². The van der Waals surface area contributed by atoms with Gasteiger partial charge in [0.2, 0.25) is 5.78 Å². The van der Waals surface area contributed by atoms with Crippen molar-refractivity contribution in [2.75, 3.05) is 12.5 Å². The van der Waals surface area contributed by atoms with Crippen molar-refractivity contribution in [1.82, 2.24) is 4.98 Å². The molecule has 0 N–H and O–H groups in total. The first-order valence-electron chi connectivity index (χ1n) is 8.09. The lowest BCUT2D eigenvalue weighted by atomic mass is 9.93. The molecule has 8 heteroatoms. The number of pyridine rings is 1. The number of rotatable bonds is 4. The van der Waals surface area contributed by atoms with E-state index in [0.29, 0.717) is 27.5 Å². The standard InChI is InChI=1S/C19H19NO5S2/c1-19(2)18(21)16(12-5-7-13(8-6-12)26(3)22)17(25-19)15-10-9-14(11-20-15)27(4,23)24/h5-11H,1-4H3. The molecule has 0 amide bonds. The van der Waals surface area contributed by atoms with Crippen LogP contribution in [0.4, 0.5) is 0 Å². The monoisotopic (exact) mass is 405 g/mol. The Hall–Kier alpha value is -2.32. The lowest BCUT2D eigenvalue weighted by molar-refractivity contribution is -0.125. The van der Waals surface area contributed by atoms with Gasteiger partial charge in [-0.3, -0.25) is 14.0 Å². The zero-order valence-electron chi connectivity index (χ0n) is 15.3. The Morgan fingerprint density at radius 3 is 2.19 bits per heavy atom. The molecule has 0 saturated heterocycles. The van der Waals surface area contributed by atoms with E-state index < -0.39 is 26.2 Å². The average molecular weight is 405 g/mol. The Morgan fingerprint density at radius 2 is 1.70 bits per heavy atom. The van der Waals surface area contributed by atoms with E-state index in [9.17, 15) is 17.4 Å². The number of hydrogen-bond acceptors (Lipinski definition) is 6. The van der Waals surface area contributed by atoms with E-state index in [1.165, 1.54) is 18.3 Å². The van der Waals surface area contributed by atoms with Gasteiger partial charge >= 0.3 is 0 Å². The van der Waals surface area contributed by atoms with E-state index in [1.807, 2.05) is 0 Å². The van der Waals surface area contributed by atoms with Crippen LogP contribution in [-0.2, 0) is 30.2 Å². The highest BCUT2D eigenvalue weighted by Gasteiger charge is 2.43. The van der Waals surface area contributed by atoms with Gasteiger partial charge in [0.15, 0.2) is 21.2 Å². The van der Waals surface area contributed by atoms with Crippen LogP contribution < -0.4 is 0 Å². The number of sulfone groups is 1. The van der Waals surface area contributed by atoms with Crippen molar-refractivity contribution >= 4 is 37.8 Å². The summed E-state index contributed by atoms with van der Waals surface area (Å²) in [5.41, 5.74) is 0.310. The maximum absolute atomic E-state index is 12.9. The minimum atomic E-state index is -3.37. The number of Topliss-reactive ketones (excluding diaryl/α,β-unsaturated/α-hetero) is 1. The van der Waals surface area contributed by atoms with Gasteiger partial charge in [-0.2, -0.15) is 0 Å². The Morgan fingerprint density at radius 1 is 1.07 bits per heavy atom. The second-order valence-electron chi connectivity index (χ2n) is 6.78. The third-order valence-electron chi connectivity index (χ3n) is 4.23. The SMILES string of the molecule is CS(=O)c1ccc(C2=C(c3ccc(S(C)(=O)=O)cn3)OC(C)(C)C2=O)cc1. The number of nitrogens with zero attached hydrogens (tertiary/aromatic N) is 1. The van der Waals surface area contributed by atoms with Crippen LogP contribution in [0, 0.1) is 0 Å². The van der Waals surface area contributed by atoms with Gasteiger partial charge in [0.1, 0.15) is 5.69 Å². The fourth-order valence-corrected chi connectivity index (χ4v) is 3.83. The molecule has 1 aliphatic heterocycles. The highest BCUT2D eigenvalue weighted by Crippen LogP contribution is 2.40.